The lowest BCUT2D eigenvalue weighted by Gasteiger charge is -2.21. The summed E-state index contributed by atoms with van der Waals surface area (Å²) in [5.41, 5.74) is 1.20. The molecular formula is C14H21NO3S2. The second-order valence-electron chi connectivity index (χ2n) is 4.42. The van der Waals surface area contributed by atoms with Gasteiger partial charge in [0.15, 0.2) is 11.5 Å². The Morgan fingerprint density at radius 3 is 2.65 bits per heavy atom. The van der Waals surface area contributed by atoms with Gasteiger partial charge in [-0.2, -0.15) is 0 Å². The highest BCUT2D eigenvalue weighted by molar-refractivity contribution is 7.98. The molecule has 20 heavy (non-hydrogen) atoms. The molecule has 1 heterocycles. The molecule has 6 heteroatoms. The summed E-state index contributed by atoms with van der Waals surface area (Å²) in [7, 11) is -0.706. The highest BCUT2D eigenvalue weighted by Gasteiger charge is 2.15. The summed E-state index contributed by atoms with van der Waals surface area (Å²) in [6.07, 6.45) is 2.06. The summed E-state index contributed by atoms with van der Waals surface area (Å²) in [4.78, 5) is 1.19. The number of ether oxygens (including phenoxy) is 2. The topological polar surface area (TPSA) is 47.6 Å². The molecule has 4 nitrogen and oxygen atoms in total. The van der Waals surface area contributed by atoms with E-state index in [9.17, 15) is 4.21 Å². The lowest BCUT2D eigenvalue weighted by Crippen LogP contribution is -2.21. The first-order valence-electron chi connectivity index (χ1n) is 6.76. The van der Waals surface area contributed by atoms with Gasteiger partial charge >= 0.3 is 0 Å². The van der Waals surface area contributed by atoms with E-state index in [0.29, 0.717) is 19.0 Å². The van der Waals surface area contributed by atoms with Crippen molar-refractivity contribution < 1.29 is 13.7 Å². The summed E-state index contributed by atoms with van der Waals surface area (Å²) < 4.78 is 22.6. The van der Waals surface area contributed by atoms with Crippen molar-refractivity contribution in [3.63, 3.8) is 0 Å². The van der Waals surface area contributed by atoms with E-state index in [4.69, 9.17) is 9.47 Å². The zero-order chi connectivity index (χ0) is 14.4. The molecule has 0 aromatic heterocycles. The van der Waals surface area contributed by atoms with E-state index in [1.807, 2.05) is 19.1 Å². The minimum Gasteiger partial charge on any atom is -0.486 e. The highest BCUT2D eigenvalue weighted by atomic mass is 32.2. The average molecular weight is 315 g/mol. The molecule has 1 aromatic carbocycles. The van der Waals surface area contributed by atoms with Gasteiger partial charge in [0, 0.05) is 40.3 Å². The Labute approximate surface area is 127 Å². The van der Waals surface area contributed by atoms with Gasteiger partial charge in [0.25, 0.3) is 0 Å². The molecule has 0 saturated heterocycles. The second-order valence-corrected chi connectivity index (χ2v) is 7.13. The Morgan fingerprint density at radius 1 is 1.30 bits per heavy atom. The lowest BCUT2D eigenvalue weighted by atomic mass is 10.2. The van der Waals surface area contributed by atoms with Gasteiger partial charge in [-0.1, -0.05) is 6.92 Å². The Balaban J connectivity index is 1.97. The molecule has 0 bridgehead atoms. The monoisotopic (exact) mass is 315 g/mol. The zero-order valence-corrected chi connectivity index (χ0v) is 13.6. The smallest absolute Gasteiger partial charge is 0.162 e. The number of hydrogen-bond acceptors (Lipinski definition) is 5. The maximum Gasteiger partial charge on any atom is 0.162 e. The van der Waals surface area contributed by atoms with Crippen molar-refractivity contribution in [2.45, 2.75) is 18.4 Å². The molecule has 0 amide bonds. The summed E-state index contributed by atoms with van der Waals surface area (Å²) >= 11 is 1.70. The fourth-order valence-electron chi connectivity index (χ4n) is 1.99. The van der Waals surface area contributed by atoms with Crippen LogP contribution in [0.3, 0.4) is 0 Å². The van der Waals surface area contributed by atoms with Gasteiger partial charge in [-0.05, 0) is 24.0 Å². The minimum atomic E-state index is -0.706. The van der Waals surface area contributed by atoms with Crippen LogP contribution in [-0.4, -0.2) is 41.7 Å². The van der Waals surface area contributed by atoms with Crippen LogP contribution < -0.4 is 14.8 Å². The summed E-state index contributed by atoms with van der Waals surface area (Å²) in [5, 5.41) is 3.35. The standard InChI is InChI=1S/C14H21NO3S2/c1-3-20(16)7-4-15-10-11-8-12-13(9-14(11)19-2)18-6-5-17-12/h8-9,15H,3-7,10H2,1-2H3. The van der Waals surface area contributed by atoms with E-state index in [2.05, 4.69) is 11.6 Å². The molecule has 112 valence electrons. The summed E-state index contributed by atoms with van der Waals surface area (Å²) in [6.45, 7) is 4.69. The first-order valence-corrected chi connectivity index (χ1v) is 9.48. The van der Waals surface area contributed by atoms with Crippen molar-refractivity contribution in [3.8, 4) is 11.5 Å². The number of hydrogen-bond donors (Lipinski definition) is 1. The van der Waals surface area contributed by atoms with E-state index < -0.39 is 10.8 Å². The van der Waals surface area contributed by atoms with Gasteiger partial charge in [-0.3, -0.25) is 4.21 Å². The third kappa shape index (κ3) is 4.14. The predicted octanol–water partition coefficient (Wildman–Crippen LogP) is 2.04. The fourth-order valence-corrected chi connectivity index (χ4v) is 3.27. The second kappa shape index (κ2) is 7.90. The SMILES string of the molecule is CCS(=O)CCNCc1cc2c(cc1SC)OCCO2. The van der Waals surface area contributed by atoms with Crippen molar-refractivity contribution >= 4 is 22.6 Å². The third-order valence-corrected chi connectivity index (χ3v) is 5.21. The van der Waals surface area contributed by atoms with Crippen LogP contribution in [0.2, 0.25) is 0 Å². The van der Waals surface area contributed by atoms with Gasteiger partial charge in [-0.25, -0.2) is 0 Å². The summed E-state index contributed by atoms with van der Waals surface area (Å²) in [5.74, 6) is 3.08. The van der Waals surface area contributed by atoms with Crippen LogP contribution in [-0.2, 0) is 17.3 Å². The molecule has 0 saturated carbocycles. The number of benzene rings is 1. The van der Waals surface area contributed by atoms with Crippen LogP contribution in [0, 0.1) is 0 Å². The van der Waals surface area contributed by atoms with Crippen molar-refractivity contribution in [3.05, 3.63) is 17.7 Å². The van der Waals surface area contributed by atoms with Gasteiger partial charge < -0.3 is 14.8 Å². The number of nitrogens with one attached hydrogen (secondary N) is 1. The Morgan fingerprint density at radius 2 is 2.00 bits per heavy atom. The van der Waals surface area contributed by atoms with Crippen LogP contribution in [0.25, 0.3) is 0 Å². The molecule has 0 spiro atoms. The quantitative estimate of drug-likeness (QED) is 0.616. The van der Waals surface area contributed by atoms with Gasteiger partial charge in [0.05, 0.1) is 0 Å². The molecular weight excluding hydrogens is 294 g/mol. The molecule has 0 radical (unpaired) electrons. The normalized spacial score (nSPS) is 15.1. The molecule has 1 N–H and O–H groups in total. The minimum absolute atomic E-state index is 0.605. The Bertz CT molecular complexity index is 480. The Kier molecular flexibility index (Phi) is 6.19. The first-order chi connectivity index (χ1) is 9.74. The number of thioether (sulfide) groups is 1. The molecule has 0 aliphatic carbocycles. The van der Waals surface area contributed by atoms with E-state index in [1.54, 1.807) is 11.8 Å². The summed E-state index contributed by atoms with van der Waals surface area (Å²) in [6, 6.07) is 4.09. The number of rotatable bonds is 7. The maximum absolute atomic E-state index is 11.4. The predicted molar refractivity (Wildman–Crippen MR) is 84.5 cm³/mol. The van der Waals surface area contributed by atoms with Gasteiger partial charge in [0.2, 0.25) is 0 Å². The van der Waals surface area contributed by atoms with Crippen molar-refractivity contribution in [1.29, 1.82) is 0 Å². The zero-order valence-electron chi connectivity index (χ0n) is 11.9. The van der Waals surface area contributed by atoms with Crippen LogP contribution >= 0.6 is 11.8 Å². The third-order valence-electron chi connectivity index (χ3n) is 3.09. The van der Waals surface area contributed by atoms with Gasteiger partial charge in [-0.15, -0.1) is 11.8 Å². The highest BCUT2D eigenvalue weighted by Crippen LogP contribution is 2.36. The van der Waals surface area contributed by atoms with Crippen molar-refractivity contribution in [2.75, 3.05) is 37.5 Å². The molecule has 1 unspecified atom stereocenters. The fraction of sp³-hybridized carbons (Fsp3) is 0.571. The molecule has 2 rings (SSSR count). The van der Waals surface area contributed by atoms with Crippen molar-refractivity contribution in [2.24, 2.45) is 0 Å². The molecule has 1 aliphatic rings. The lowest BCUT2D eigenvalue weighted by molar-refractivity contribution is 0.171. The van der Waals surface area contributed by atoms with Crippen LogP contribution in [0.15, 0.2) is 17.0 Å². The maximum atomic E-state index is 11.4. The average Bonchev–Trinajstić information content (AvgIpc) is 2.50. The Hall–Kier alpha value is -0.720. The molecule has 1 atom stereocenters. The van der Waals surface area contributed by atoms with E-state index in [-0.39, 0.29) is 0 Å². The van der Waals surface area contributed by atoms with Crippen LogP contribution in [0.1, 0.15) is 12.5 Å². The molecule has 1 aromatic rings. The molecule has 1 aliphatic heterocycles. The first kappa shape index (κ1) is 15.7. The van der Waals surface area contributed by atoms with E-state index in [1.165, 1.54) is 10.5 Å². The van der Waals surface area contributed by atoms with Crippen molar-refractivity contribution in [1.82, 2.24) is 5.32 Å². The van der Waals surface area contributed by atoms with E-state index in [0.717, 1.165) is 30.3 Å². The number of fused-ring (bicyclic) bond motifs is 1. The van der Waals surface area contributed by atoms with E-state index >= 15 is 0 Å². The van der Waals surface area contributed by atoms with Crippen LogP contribution in [0.5, 0.6) is 11.5 Å². The van der Waals surface area contributed by atoms with Gasteiger partial charge in [0.1, 0.15) is 13.2 Å². The largest absolute Gasteiger partial charge is 0.486 e. The van der Waals surface area contributed by atoms with Crippen LogP contribution in [0.4, 0.5) is 0 Å². The molecule has 0 fully saturated rings.